The molecular weight excluding hydrogens is 393 g/mol. The summed E-state index contributed by atoms with van der Waals surface area (Å²) in [7, 11) is -1.41. The topological polar surface area (TPSA) is 65.8 Å². The molecule has 134 valence electrons. The Bertz CT molecular complexity index is 667. The van der Waals surface area contributed by atoms with Crippen LogP contribution in [0.4, 0.5) is 4.39 Å². The Morgan fingerprint density at radius 3 is 2.33 bits per heavy atom. The average molecular weight is 418 g/mol. The van der Waals surface area contributed by atoms with Gasteiger partial charge < -0.3 is 0 Å². The van der Waals surface area contributed by atoms with Crippen LogP contribution in [0, 0.1) is 22.6 Å². The number of aromatic nitrogens is 1. The molecule has 0 amide bonds. The van der Waals surface area contributed by atoms with Crippen LogP contribution >= 0.6 is 15.9 Å². The lowest BCUT2D eigenvalue weighted by molar-refractivity contribution is 0.311. The molecule has 7 heteroatoms. The van der Waals surface area contributed by atoms with E-state index in [1.54, 1.807) is 6.92 Å². The van der Waals surface area contributed by atoms with E-state index in [4.69, 9.17) is 0 Å². The number of nitriles is 1. The molecule has 0 fully saturated rings. The third-order valence-electron chi connectivity index (χ3n) is 3.76. The van der Waals surface area contributed by atoms with Gasteiger partial charge in [0.2, 0.25) is 0 Å². The SMILES string of the molecule is CC(C)(C#N)CC[C@@](C)(N[S@](=O)C(C)(C)C)c1nc(Br)ccc1F. The van der Waals surface area contributed by atoms with Crippen molar-refractivity contribution >= 4 is 26.9 Å². The van der Waals surface area contributed by atoms with E-state index in [0.29, 0.717) is 17.4 Å². The Labute approximate surface area is 155 Å². The first-order chi connectivity index (χ1) is 10.8. The van der Waals surface area contributed by atoms with Crippen molar-refractivity contribution in [3.8, 4) is 6.07 Å². The van der Waals surface area contributed by atoms with Gasteiger partial charge in [0, 0.05) is 0 Å². The Morgan fingerprint density at radius 2 is 1.83 bits per heavy atom. The quantitative estimate of drug-likeness (QED) is 0.688. The zero-order valence-electron chi connectivity index (χ0n) is 15.0. The van der Waals surface area contributed by atoms with E-state index in [0.717, 1.165) is 0 Å². The number of hydrogen-bond donors (Lipinski definition) is 1. The summed E-state index contributed by atoms with van der Waals surface area (Å²) in [4.78, 5) is 4.27. The molecule has 0 saturated heterocycles. The molecule has 0 aliphatic heterocycles. The highest BCUT2D eigenvalue weighted by atomic mass is 79.9. The van der Waals surface area contributed by atoms with Gasteiger partial charge in [0.15, 0.2) is 0 Å². The summed E-state index contributed by atoms with van der Waals surface area (Å²) in [5.74, 6) is -0.464. The van der Waals surface area contributed by atoms with Crippen LogP contribution in [0.2, 0.25) is 0 Å². The number of halogens is 2. The Hall–Kier alpha value is -0.840. The molecule has 1 N–H and O–H groups in total. The van der Waals surface area contributed by atoms with Crippen LogP contribution in [0.25, 0.3) is 0 Å². The van der Waals surface area contributed by atoms with E-state index >= 15 is 0 Å². The maximum absolute atomic E-state index is 14.4. The summed E-state index contributed by atoms with van der Waals surface area (Å²) in [6, 6.07) is 5.11. The molecule has 1 heterocycles. The number of rotatable bonds is 6. The van der Waals surface area contributed by atoms with Crippen molar-refractivity contribution in [2.24, 2.45) is 5.41 Å². The molecule has 0 saturated carbocycles. The molecule has 1 rings (SSSR count). The minimum absolute atomic E-state index is 0.197. The second kappa shape index (κ2) is 7.59. The molecular formula is C17H25BrFN3OS. The Balaban J connectivity index is 3.28. The Morgan fingerprint density at radius 1 is 1.25 bits per heavy atom. The van der Waals surface area contributed by atoms with Crippen molar-refractivity contribution < 1.29 is 8.60 Å². The van der Waals surface area contributed by atoms with Gasteiger partial charge >= 0.3 is 0 Å². The molecule has 0 unspecified atom stereocenters. The second-order valence-electron chi connectivity index (χ2n) is 7.78. The van der Waals surface area contributed by atoms with Crippen molar-refractivity contribution in [1.29, 1.82) is 5.26 Å². The minimum Gasteiger partial charge on any atom is -0.242 e. The van der Waals surface area contributed by atoms with Crippen LogP contribution in [0.3, 0.4) is 0 Å². The first kappa shape index (κ1) is 21.2. The van der Waals surface area contributed by atoms with Crippen molar-refractivity contribution in [1.82, 2.24) is 9.71 Å². The number of hydrogen-bond acceptors (Lipinski definition) is 3. The lowest BCUT2D eigenvalue weighted by Crippen LogP contribution is -2.47. The lowest BCUT2D eigenvalue weighted by Gasteiger charge is -2.34. The summed E-state index contributed by atoms with van der Waals surface area (Å²) in [6.07, 6.45) is 0.942. The highest BCUT2D eigenvalue weighted by molar-refractivity contribution is 9.10. The van der Waals surface area contributed by atoms with E-state index in [2.05, 4.69) is 31.7 Å². The fourth-order valence-electron chi connectivity index (χ4n) is 2.00. The van der Waals surface area contributed by atoms with E-state index in [9.17, 15) is 13.9 Å². The highest BCUT2D eigenvalue weighted by Crippen LogP contribution is 2.34. The summed E-state index contributed by atoms with van der Waals surface area (Å²) in [5.41, 5.74) is -1.32. The van der Waals surface area contributed by atoms with Crippen LogP contribution in [-0.2, 0) is 16.5 Å². The van der Waals surface area contributed by atoms with Crippen LogP contribution < -0.4 is 4.72 Å². The number of nitrogens with one attached hydrogen (secondary N) is 1. The number of nitrogens with zero attached hydrogens (tertiary/aromatic N) is 2. The van der Waals surface area contributed by atoms with Gasteiger partial charge in [0.05, 0.1) is 38.4 Å². The van der Waals surface area contributed by atoms with Crippen LogP contribution in [0.5, 0.6) is 0 Å². The van der Waals surface area contributed by atoms with Gasteiger partial charge in [0.1, 0.15) is 10.4 Å². The predicted molar refractivity (Wildman–Crippen MR) is 98.9 cm³/mol. The van der Waals surface area contributed by atoms with Gasteiger partial charge in [-0.3, -0.25) is 0 Å². The number of pyridine rings is 1. The van der Waals surface area contributed by atoms with Gasteiger partial charge in [-0.05, 0) is 82.4 Å². The second-order valence-corrected chi connectivity index (χ2v) is 10.6. The van der Waals surface area contributed by atoms with Crippen LogP contribution in [-0.4, -0.2) is 13.9 Å². The van der Waals surface area contributed by atoms with Crippen molar-refractivity contribution in [2.45, 2.75) is 64.7 Å². The van der Waals surface area contributed by atoms with Crippen LogP contribution in [0.1, 0.15) is 60.1 Å². The third kappa shape index (κ3) is 5.61. The molecule has 24 heavy (non-hydrogen) atoms. The molecule has 0 spiro atoms. The molecule has 0 aromatic carbocycles. The molecule has 4 nitrogen and oxygen atoms in total. The molecule has 1 aromatic heterocycles. The first-order valence-electron chi connectivity index (χ1n) is 7.74. The van der Waals surface area contributed by atoms with Crippen molar-refractivity contribution in [2.75, 3.05) is 0 Å². The average Bonchev–Trinajstić information content (AvgIpc) is 2.47. The fourth-order valence-corrected chi connectivity index (χ4v) is 3.22. The maximum Gasteiger partial charge on any atom is 0.146 e. The normalized spacial score (nSPS) is 16.3. The van der Waals surface area contributed by atoms with E-state index in [1.807, 2.05) is 34.6 Å². The molecule has 0 bridgehead atoms. The van der Waals surface area contributed by atoms with E-state index < -0.39 is 32.5 Å². The lowest BCUT2D eigenvalue weighted by atomic mass is 9.82. The maximum atomic E-state index is 14.4. The Kier molecular flexibility index (Phi) is 6.70. The summed E-state index contributed by atoms with van der Waals surface area (Å²) in [6.45, 7) is 11.0. The summed E-state index contributed by atoms with van der Waals surface area (Å²) >= 11 is 3.27. The monoisotopic (exact) mass is 417 g/mol. The molecule has 0 aliphatic carbocycles. The smallest absolute Gasteiger partial charge is 0.146 e. The van der Waals surface area contributed by atoms with Gasteiger partial charge in [0.25, 0.3) is 0 Å². The van der Waals surface area contributed by atoms with E-state index in [1.165, 1.54) is 12.1 Å². The van der Waals surface area contributed by atoms with Gasteiger partial charge in [-0.1, -0.05) is 0 Å². The van der Waals surface area contributed by atoms with E-state index in [-0.39, 0.29) is 5.69 Å². The van der Waals surface area contributed by atoms with Crippen LogP contribution in [0.15, 0.2) is 16.7 Å². The summed E-state index contributed by atoms with van der Waals surface area (Å²) < 4.78 is 30.1. The van der Waals surface area contributed by atoms with Gasteiger partial charge in [-0.2, -0.15) is 5.26 Å². The van der Waals surface area contributed by atoms with Gasteiger partial charge in [-0.25, -0.2) is 18.3 Å². The molecule has 0 aliphatic rings. The zero-order chi connectivity index (χ0) is 18.8. The highest BCUT2D eigenvalue weighted by Gasteiger charge is 2.37. The largest absolute Gasteiger partial charge is 0.242 e. The third-order valence-corrected chi connectivity index (χ3v) is 5.95. The minimum atomic E-state index is -1.41. The predicted octanol–water partition coefficient (Wildman–Crippen LogP) is 4.58. The van der Waals surface area contributed by atoms with Crippen molar-refractivity contribution in [3.63, 3.8) is 0 Å². The fraction of sp³-hybridized carbons (Fsp3) is 0.647. The molecule has 1 aromatic rings. The first-order valence-corrected chi connectivity index (χ1v) is 9.68. The molecule has 2 atom stereocenters. The summed E-state index contributed by atoms with van der Waals surface area (Å²) in [5, 5.41) is 9.24. The standard InChI is InChI=1S/C17H25BrFN3OS/c1-15(2,3)24(23)22-17(6,10-9-16(4,5)11-20)14-12(19)7-8-13(18)21-14/h7-8,22H,9-10H2,1-6H3/t17-,24-/m1/s1. The molecule has 0 radical (unpaired) electrons. The zero-order valence-corrected chi connectivity index (χ0v) is 17.4. The van der Waals surface area contributed by atoms with Gasteiger partial charge in [-0.15, -0.1) is 0 Å². The van der Waals surface area contributed by atoms with Crippen molar-refractivity contribution in [3.05, 3.63) is 28.2 Å².